The van der Waals surface area contributed by atoms with Crippen molar-refractivity contribution in [2.24, 2.45) is 5.10 Å². The van der Waals surface area contributed by atoms with Gasteiger partial charge in [0.25, 0.3) is 0 Å². The van der Waals surface area contributed by atoms with Crippen molar-refractivity contribution in [3.05, 3.63) is 88.7 Å². The quantitative estimate of drug-likeness (QED) is 0.361. The van der Waals surface area contributed by atoms with Crippen LogP contribution in [0.25, 0.3) is 16.9 Å². The highest BCUT2D eigenvalue weighted by atomic mass is 32.1. The smallest absolute Gasteiger partial charge is 0.303 e. The average molecular weight is 501 g/mol. The van der Waals surface area contributed by atoms with Gasteiger partial charge in [0.1, 0.15) is 5.75 Å². The van der Waals surface area contributed by atoms with E-state index in [9.17, 15) is 9.59 Å². The highest BCUT2D eigenvalue weighted by Gasteiger charge is 2.36. The molecule has 5 rings (SSSR count). The highest BCUT2D eigenvalue weighted by Crippen LogP contribution is 2.39. The molecule has 2 aromatic carbocycles. The van der Waals surface area contributed by atoms with Crippen LogP contribution in [0.2, 0.25) is 0 Å². The van der Waals surface area contributed by atoms with E-state index in [2.05, 4.69) is 5.10 Å². The number of benzene rings is 2. The van der Waals surface area contributed by atoms with E-state index in [1.807, 2.05) is 78.3 Å². The number of nitrogens with zero attached hydrogens (tertiary/aromatic N) is 4. The van der Waals surface area contributed by atoms with Crippen LogP contribution in [-0.4, -0.2) is 44.6 Å². The van der Waals surface area contributed by atoms with Gasteiger partial charge < -0.3 is 9.84 Å². The van der Waals surface area contributed by atoms with Crippen LogP contribution in [0, 0.1) is 0 Å². The molecule has 1 atom stereocenters. The molecule has 3 heterocycles. The second-order valence-electron chi connectivity index (χ2n) is 8.32. The van der Waals surface area contributed by atoms with E-state index in [0.717, 1.165) is 38.8 Å². The summed E-state index contributed by atoms with van der Waals surface area (Å²) in [5, 5.41) is 22.1. The lowest BCUT2D eigenvalue weighted by Gasteiger charge is -2.21. The van der Waals surface area contributed by atoms with E-state index >= 15 is 0 Å². The van der Waals surface area contributed by atoms with Gasteiger partial charge in [0.2, 0.25) is 5.91 Å². The Hall–Kier alpha value is -4.24. The largest absolute Gasteiger partial charge is 0.497 e. The molecule has 0 saturated heterocycles. The summed E-state index contributed by atoms with van der Waals surface area (Å²) >= 11 is 1.56. The second kappa shape index (κ2) is 10.2. The minimum Gasteiger partial charge on any atom is -0.497 e. The summed E-state index contributed by atoms with van der Waals surface area (Å²) in [6.45, 7) is 0. The van der Waals surface area contributed by atoms with E-state index < -0.39 is 12.0 Å². The number of hydrogen-bond acceptors (Lipinski definition) is 6. The van der Waals surface area contributed by atoms with Crippen molar-refractivity contribution in [3.8, 4) is 22.7 Å². The number of aromatic nitrogens is 2. The maximum absolute atomic E-state index is 13.2. The molecule has 1 N–H and O–H groups in total. The maximum Gasteiger partial charge on any atom is 0.303 e. The Labute approximate surface area is 212 Å². The third-order valence-electron chi connectivity index (χ3n) is 6.01. The van der Waals surface area contributed by atoms with Crippen LogP contribution in [0.5, 0.6) is 5.75 Å². The fourth-order valence-electron chi connectivity index (χ4n) is 4.22. The van der Waals surface area contributed by atoms with Crippen LogP contribution in [0.1, 0.15) is 35.7 Å². The molecule has 2 aromatic heterocycles. The van der Waals surface area contributed by atoms with Gasteiger partial charge >= 0.3 is 5.97 Å². The normalized spacial score (nSPS) is 15.1. The SMILES string of the molecule is COc1ccc(-c2nn(-c3ccccc3)cc2[C@@H]2CC(c3cccs3)=NN2C(=O)CCC(=O)O)cc1. The van der Waals surface area contributed by atoms with Gasteiger partial charge in [0, 0.05) is 30.2 Å². The Balaban J connectivity index is 1.59. The van der Waals surface area contributed by atoms with Gasteiger partial charge in [0.15, 0.2) is 0 Å². The van der Waals surface area contributed by atoms with Crippen molar-refractivity contribution < 1.29 is 19.4 Å². The number of aliphatic carboxylic acids is 1. The first-order valence-electron chi connectivity index (χ1n) is 11.5. The Kier molecular flexibility index (Phi) is 6.64. The number of carbonyl (C=O) groups excluding carboxylic acids is 1. The van der Waals surface area contributed by atoms with E-state index in [-0.39, 0.29) is 18.7 Å². The monoisotopic (exact) mass is 500 g/mol. The third kappa shape index (κ3) is 4.78. The van der Waals surface area contributed by atoms with Gasteiger partial charge in [0.05, 0.1) is 41.5 Å². The van der Waals surface area contributed by atoms with Crippen molar-refractivity contribution in [1.29, 1.82) is 0 Å². The second-order valence-corrected chi connectivity index (χ2v) is 9.27. The van der Waals surface area contributed by atoms with Crippen molar-refractivity contribution in [1.82, 2.24) is 14.8 Å². The average Bonchev–Trinajstić information content (AvgIpc) is 3.67. The summed E-state index contributed by atoms with van der Waals surface area (Å²) in [6.07, 6.45) is 2.06. The lowest BCUT2D eigenvalue weighted by molar-refractivity contribution is -0.141. The number of carbonyl (C=O) groups is 2. The van der Waals surface area contributed by atoms with Crippen LogP contribution in [0.15, 0.2) is 83.4 Å². The Bertz CT molecular complexity index is 1400. The minimum atomic E-state index is -1.02. The summed E-state index contributed by atoms with van der Waals surface area (Å²) in [5.41, 5.74) is 4.13. The summed E-state index contributed by atoms with van der Waals surface area (Å²) in [4.78, 5) is 25.3. The number of thiophene rings is 1. The van der Waals surface area contributed by atoms with Crippen molar-refractivity contribution in [2.45, 2.75) is 25.3 Å². The molecule has 1 aliphatic rings. The number of para-hydroxylation sites is 1. The molecule has 0 bridgehead atoms. The van der Waals surface area contributed by atoms with Gasteiger partial charge in [-0.25, -0.2) is 9.69 Å². The lowest BCUT2D eigenvalue weighted by Crippen LogP contribution is -2.27. The van der Waals surface area contributed by atoms with Crippen LogP contribution in [0.3, 0.4) is 0 Å². The first kappa shape index (κ1) is 23.5. The van der Waals surface area contributed by atoms with Crippen LogP contribution < -0.4 is 4.74 Å². The van der Waals surface area contributed by atoms with Crippen LogP contribution in [0.4, 0.5) is 0 Å². The summed E-state index contributed by atoms with van der Waals surface area (Å²) in [7, 11) is 1.62. The first-order valence-corrected chi connectivity index (χ1v) is 12.4. The fraction of sp³-hybridized carbons (Fsp3) is 0.185. The maximum atomic E-state index is 13.2. The topological polar surface area (TPSA) is 97.0 Å². The number of ether oxygens (including phenoxy) is 1. The molecule has 9 heteroatoms. The summed E-state index contributed by atoms with van der Waals surface area (Å²) in [5.74, 6) is -0.614. The predicted octanol–water partition coefficient (Wildman–Crippen LogP) is 5.15. The molecule has 36 heavy (non-hydrogen) atoms. The van der Waals surface area contributed by atoms with E-state index in [4.69, 9.17) is 14.9 Å². The molecule has 0 fully saturated rings. The summed E-state index contributed by atoms with van der Waals surface area (Å²) < 4.78 is 7.12. The molecule has 1 aliphatic heterocycles. The third-order valence-corrected chi connectivity index (χ3v) is 6.93. The predicted molar refractivity (Wildman–Crippen MR) is 137 cm³/mol. The summed E-state index contributed by atoms with van der Waals surface area (Å²) in [6, 6.07) is 20.9. The number of methoxy groups -OCH3 is 1. The number of hydrazone groups is 1. The molecular formula is C27H24N4O4S. The molecule has 1 amide bonds. The van der Waals surface area contributed by atoms with Crippen LogP contribution in [-0.2, 0) is 9.59 Å². The Morgan fingerprint density at radius 2 is 1.83 bits per heavy atom. The van der Waals surface area contributed by atoms with E-state index in [1.54, 1.807) is 23.1 Å². The molecule has 182 valence electrons. The molecule has 0 aliphatic carbocycles. The van der Waals surface area contributed by atoms with Crippen LogP contribution >= 0.6 is 11.3 Å². The van der Waals surface area contributed by atoms with Crippen molar-refractivity contribution >= 4 is 28.9 Å². The molecule has 0 saturated carbocycles. The van der Waals surface area contributed by atoms with Gasteiger partial charge in [-0.1, -0.05) is 24.3 Å². The molecule has 0 unspecified atom stereocenters. The number of amides is 1. The van der Waals surface area contributed by atoms with Gasteiger partial charge in [-0.2, -0.15) is 10.2 Å². The Morgan fingerprint density at radius 3 is 2.50 bits per heavy atom. The minimum absolute atomic E-state index is 0.127. The van der Waals surface area contributed by atoms with Gasteiger partial charge in [-0.05, 0) is 47.8 Å². The fourth-order valence-corrected chi connectivity index (χ4v) is 4.94. The molecule has 8 nitrogen and oxygen atoms in total. The lowest BCUT2D eigenvalue weighted by atomic mass is 9.98. The van der Waals surface area contributed by atoms with E-state index in [1.165, 1.54) is 5.01 Å². The Morgan fingerprint density at radius 1 is 1.06 bits per heavy atom. The zero-order valence-corrected chi connectivity index (χ0v) is 20.4. The van der Waals surface area contributed by atoms with Crippen molar-refractivity contribution in [3.63, 3.8) is 0 Å². The molecule has 0 spiro atoms. The number of carboxylic acid groups (broad SMARTS) is 1. The van der Waals surface area contributed by atoms with Gasteiger partial charge in [-0.15, -0.1) is 11.3 Å². The molecule has 4 aromatic rings. The first-order chi connectivity index (χ1) is 17.5. The van der Waals surface area contributed by atoms with E-state index in [0.29, 0.717) is 6.42 Å². The zero-order valence-electron chi connectivity index (χ0n) is 19.6. The van der Waals surface area contributed by atoms with Crippen molar-refractivity contribution in [2.75, 3.05) is 7.11 Å². The van der Waals surface area contributed by atoms with Gasteiger partial charge in [-0.3, -0.25) is 9.59 Å². The zero-order chi connectivity index (χ0) is 25.1. The number of rotatable bonds is 8. The standard InChI is InChI=1S/C27H24N4O4S/c1-35-20-11-9-18(10-12-20)27-21(17-30(29-27)19-6-3-2-4-7-19)23-16-22(24-8-5-15-36-24)28-31(23)25(32)13-14-26(33)34/h2-12,15,17,23H,13-14,16H2,1H3,(H,33,34)/t23-/m0/s1. The number of hydrogen-bond donors (Lipinski definition) is 1. The molecule has 0 radical (unpaired) electrons. The molecular weight excluding hydrogens is 476 g/mol. The number of carboxylic acids is 1. The highest BCUT2D eigenvalue weighted by molar-refractivity contribution is 7.12.